The molecule has 0 saturated carbocycles. The first-order valence-electron chi connectivity index (χ1n) is 8.54. The summed E-state index contributed by atoms with van der Waals surface area (Å²) in [6, 6.07) is 0.482. The second-order valence-corrected chi connectivity index (χ2v) is 6.06. The molecule has 0 radical (unpaired) electrons. The average Bonchev–Trinajstić information content (AvgIpc) is 2.49. The van der Waals surface area contributed by atoms with Gasteiger partial charge in [-0.3, -0.25) is 9.79 Å². The predicted molar refractivity (Wildman–Crippen MR) is 108 cm³/mol. The molecule has 0 aliphatic carbocycles. The molecule has 136 valence electrons. The third-order valence-electron chi connectivity index (χ3n) is 3.91. The standard InChI is InChI=1S/C16H33N5O.HI/c1-5-11-21-12-8-14(9-13-21)19-16(17-6-2)18-10-7-15(22)20(3)4;/h14H,5-13H2,1-4H3,(H2,17,18,19);1H. The molecule has 1 amide bonds. The van der Waals surface area contributed by atoms with E-state index in [0.717, 1.165) is 38.4 Å². The molecule has 6 nitrogen and oxygen atoms in total. The van der Waals surface area contributed by atoms with E-state index in [2.05, 4.69) is 34.4 Å². The van der Waals surface area contributed by atoms with Crippen LogP contribution < -0.4 is 10.6 Å². The van der Waals surface area contributed by atoms with Crippen LogP contribution in [0.15, 0.2) is 4.99 Å². The first-order valence-corrected chi connectivity index (χ1v) is 8.54. The number of hydrogen-bond acceptors (Lipinski definition) is 3. The molecule has 1 aliphatic heterocycles. The highest BCUT2D eigenvalue weighted by molar-refractivity contribution is 14.0. The second kappa shape index (κ2) is 12.8. The van der Waals surface area contributed by atoms with Gasteiger partial charge in [0.1, 0.15) is 0 Å². The van der Waals surface area contributed by atoms with E-state index in [9.17, 15) is 4.79 Å². The quantitative estimate of drug-likeness (QED) is 0.359. The number of amides is 1. The van der Waals surface area contributed by atoms with Crippen LogP contribution in [0.5, 0.6) is 0 Å². The number of rotatable bonds is 7. The smallest absolute Gasteiger partial charge is 0.223 e. The average molecular weight is 439 g/mol. The lowest BCUT2D eigenvalue weighted by Gasteiger charge is -2.32. The Bertz CT molecular complexity index is 354. The summed E-state index contributed by atoms with van der Waals surface area (Å²) >= 11 is 0. The highest BCUT2D eigenvalue weighted by atomic mass is 127. The van der Waals surface area contributed by atoms with Gasteiger partial charge in [0.2, 0.25) is 5.91 Å². The Morgan fingerprint density at radius 3 is 2.43 bits per heavy atom. The summed E-state index contributed by atoms with van der Waals surface area (Å²) in [5, 5.41) is 6.78. The van der Waals surface area contributed by atoms with Crippen LogP contribution in [-0.2, 0) is 4.79 Å². The minimum Gasteiger partial charge on any atom is -0.357 e. The van der Waals surface area contributed by atoms with E-state index in [1.54, 1.807) is 19.0 Å². The Labute approximate surface area is 158 Å². The van der Waals surface area contributed by atoms with Crippen molar-refractivity contribution in [3.63, 3.8) is 0 Å². The summed E-state index contributed by atoms with van der Waals surface area (Å²) in [4.78, 5) is 20.2. The molecule has 0 aromatic heterocycles. The minimum atomic E-state index is 0. The number of carbonyl (C=O) groups is 1. The Balaban J connectivity index is 0.00000484. The van der Waals surface area contributed by atoms with E-state index in [0.29, 0.717) is 19.0 Å². The molecule has 1 heterocycles. The van der Waals surface area contributed by atoms with Gasteiger partial charge in [-0.05, 0) is 32.7 Å². The third-order valence-corrected chi connectivity index (χ3v) is 3.91. The molecular weight excluding hydrogens is 405 g/mol. The molecule has 1 saturated heterocycles. The zero-order valence-corrected chi connectivity index (χ0v) is 17.4. The first-order chi connectivity index (χ1) is 10.6. The molecule has 1 rings (SSSR count). The van der Waals surface area contributed by atoms with Crippen LogP contribution >= 0.6 is 24.0 Å². The van der Waals surface area contributed by atoms with Crippen molar-refractivity contribution < 1.29 is 4.79 Å². The van der Waals surface area contributed by atoms with E-state index >= 15 is 0 Å². The third kappa shape index (κ3) is 9.34. The molecule has 1 fully saturated rings. The minimum absolute atomic E-state index is 0. The van der Waals surface area contributed by atoms with Crippen LogP contribution in [0.4, 0.5) is 0 Å². The van der Waals surface area contributed by atoms with Gasteiger partial charge < -0.3 is 20.4 Å². The van der Waals surface area contributed by atoms with Gasteiger partial charge in [0.15, 0.2) is 5.96 Å². The Kier molecular flexibility index (Phi) is 12.5. The predicted octanol–water partition coefficient (Wildman–Crippen LogP) is 1.51. The van der Waals surface area contributed by atoms with Crippen LogP contribution in [0.2, 0.25) is 0 Å². The monoisotopic (exact) mass is 439 g/mol. The maximum absolute atomic E-state index is 11.6. The molecule has 0 atom stereocenters. The molecule has 0 unspecified atom stereocenters. The van der Waals surface area contributed by atoms with Gasteiger partial charge >= 0.3 is 0 Å². The van der Waals surface area contributed by atoms with E-state index in [4.69, 9.17) is 0 Å². The number of guanidine groups is 1. The summed E-state index contributed by atoms with van der Waals surface area (Å²) in [6.07, 6.45) is 3.99. The number of nitrogens with zero attached hydrogens (tertiary/aromatic N) is 3. The van der Waals surface area contributed by atoms with Crippen molar-refractivity contribution in [2.45, 2.75) is 45.6 Å². The SMILES string of the molecule is CCCN1CCC(NC(=NCCC(=O)N(C)C)NCC)CC1.I. The summed E-state index contributed by atoms with van der Waals surface area (Å²) in [6.45, 7) is 9.17. The molecule has 0 aromatic rings. The second-order valence-electron chi connectivity index (χ2n) is 6.06. The topological polar surface area (TPSA) is 60.0 Å². The van der Waals surface area contributed by atoms with Gasteiger partial charge in [-0.2, -0.15) is 0 Å². The Morgan fingerprint density at radius 2 is 1.91 bits per heavy atom. The number of nitrogens with one attached hydrogen (secondary N) is 2. The lowest BCUT2D eigenvalue weighted by Crippen LogP contribution is -2.48. The lowest BCUT2D eigenvalue weighted by molar-refractivity contribution is -0.128. The Morgan fingerprint density at radius 1 is 1.26 bits per heavy atom. The molecule has 0 bridgehead atoms. The molecule has 23 heavy (non-hydrogen) atoms. The molecular formula is C16H34IN5O. The van der Waals surface area contributed by atoms with Gasteiger partial charge in [0.05, 0.1) is 6.54 Å². The summed E-state index contributed by atoms with van der Waals surface area (Å²) in [5.74, 6) is 0.954. The van der Waals surface area contributed by atoms with Crippen molar-refractivity contribution >= 4 is 35.8 Å². The highest BCUT2D eigenvalue weighted by Crippen LogP contribution is 2.10. The normalized spacial score (nSPS) is 16.6. The van der Waals surface area contributed by atoms with Crippen LogP contribution in [0, 0.1) is 0 Å². The number of halogens is 1. The fourth-order valence-electron chi connectivity index (χ4n) is 2.62. The van der Waals surface area contributed by atoms with Crippen LogP contribution in [-0.4, -0.2) is 74.5 Å². The van der Waals surface area contributed by atoms with E-state index in [-0.39, 0.29) is 29.9 Å². The lowest BCUT2D eigenvalue weighted by atomic mass is 10.1. The van der Waals surface area contributed by atoms with Crippen molar-refractivity contribution in [2.24, 2.45) is 4.99 Å². The van der Waals surface area contributed by atoms with E-state index in [1.165, 1.54) is 13.0 Å². The summed E-state index contributed by atoms with van der Waals surface area (Å²) < 4.78 is 0. The van der Waals surface area contributed by atoms with Crippen molar-refractivity contribution in [2.75, 3.05) is 46.8 Å². The van der Waals surface area contributed by atoms with E-state index in [1.807, 2.05) is 0 Å². The van der Waals surface area contributed by atoms with Crippen molar-refractivity contribution in [1.29, 1.82) is 0 Å². The zero-order chi connectivity index (χ0) is 16.4. The van der Waals surface area contributed by atoms with E-state index < -0.39 is 0 Å². The maximum atomic E-state index is 11.6. The van der Waals surface area contributed by atoms with Gasteiger partial charge in [-0.25, -0.2) is 0 Å². The van der Waals surface area contributed by atoms with Gasteiger partial charge in [0, 0.05) is 46.2 Å². The molecule has 1 aliphatic rings. The number of carbonyl (C=O) groups excluding carboxylic acids is 1. The zero-order valence-electron chi connectivity index (χ0n) is 15.1. The summed E-state index contributed by atoms with van der Waals surface area (Å²) in [5.41, 5.74) is 0. The van der Waals surface area contributed by atoms with Gasteiger partial charge in [-0.1, -0.05) is 6.92 Å². The largest absolute Gasteiger partial charge is 0.357 e. The summed E-state index contributed by atoms with van der Waals surface area (Å²) in [7, 11) is 3.55. The number of hydrogen-bond donors (Lipinski definition) is 2. The molecule has 2 N–H and O–H groups in total. The van der Waals surface area contributed by atoms with Crippen molar-refractivity contribution in [3.05, 3.63) is 0 Å². The molecule has 0 spiro atoms. The fourth-order valence-corrected chi connectivity index (χ4v) is 2.62. The first kappa shape index (κ1) is 22.4. The van der Waals surface area contributed by atoms with Crippen LogP contribution in [0.1, 0.15) is 39.5 Å². The highest BCUT2D eigenvalue weighted by Gasteiger charge is 2.19. The number of aliphatic imine (C=N–C) groups is 1. The van der Waals surface area contributed by atoms with Crippen LogP contribution in [0.3, 0.4) is 0 Å². The van der Waals surface area contributed by atoms with Crippen LogP contribution in [0.25, 0.3) is 0 Å². The fraction of sp³-hybridized carbons (Fsp3) is 0.875. The van der Waals surface area contributed by atoms with Crippen molar-refractivity contribution in [1.82, 2.24) is 20.4 Å². The molecule has 0 aromatic carbocycles. The Hall–Kier alpha value is -0.570. The maximum Gasteiger partial charge on any atom is 0.223 e. The number of piperidine rings is 1. The van der Waals surface area contributed by atoms with Gasteiger partial charge in [0.25, 0.3) is 0 Å². The van der Waals surface area contributed by atoms with Crippen molar-refractivity contribution in [3.8, 4) is 0 Å². The number of likely N-dealkylation sites (tertiary alicyclic amines) is 1. The van der Waals surface area contributed by atoms with Gasteiger partial charge in [-0.15, -0.1) is 24.0 Å². The molecule has 7 heteroatoms.